The Kier molecular flexibility index (Phi) is 3.83. The summed E-state index contributed by atoms with van der Waals surface area (Å²) in [4.78, 5) is 8.00. The maximum absolute atomic E-state index is 9.52. The van der Waals surface area contributed by atoms with Crippen LogP contribution in [-0.4, -0.2) is 28.2 Å². The van der Waals surface area contributed by atoms with Crippen molar-refractivity contribution >= 4 is 17.6 Å². The van der Waals surface area contributed by atoms with Crippen LogP contribution in [0.15, 0.2) is 6.07 Å². The van der Waals surface area contributed by atoms with E-state index in [-0.39, 0.29) is 18.0 Å². The Morgan fingerprint density at radius 2 is 1.94 bits per heavy atom. The second-order valence-electron chi connectivity index (χ2n) is 4.86. The maximum atomic E-state index is 9.52. The maximum Gasteiger partial charge on any atom is 0.223 e. The summed E-state index contributed by atoms with van der Waals surface area (Å²) in [5, 5.41) is 12.7. The molecule has 0 saturated heterocycles. The molecular weight excluding hydrogens is 232 g/mol. The van der Waals surface area contributed by atoms with Crippen LogP contribution in [0.1, 0.15) is 25.7 Å². The van der Waals surface area contributed by atoms with Crippen LogP contribution in [0, 0.1) is 5.41 Å². The fourth-order valence-electron chi connectivity index (χ4n) is 2.42. The molecule has 7 N–H and O–H groups in total. The van der Waals surface area contributed by atoms with Crippen molar-refractivity contribution in [2.75, 3.05) is 29.6 Å². The van der Waals surface area contributed by atoms with Gasteiger partial charge in [-0.1, -0.05) is 12.8 Å². The highest BCUT2D eigenvalue weighted by Gasteiger charge is 2.32. The lowest BCUT2D eigenvalue weighted by Crippen LogP contribution is -2.30. The van der Waals surface area contributed by atoms with Crippen molar-refractivity contribution in [1.29, 1.82) is 0 Å². The molecule has 1 fully saturated rings. The first-order valence-electron chi connectivity index (χ1n) is 6.13. The molecule has 2 rings (SSSR count). The summed E-state index contributed by atoms with van der Waals surface area (Å²) in [6.45, 7) is 0.881. The average Bonchev–Trinajstić information content (AvgIpc) is 2.85. The van der Waals surface area contributed by atoms with Crippen molar-refractivity contribution in [3.05, 3.63) is 6.07 Å². The molecule has 18 heavy (non-hydrogen) atoms. The molecule has 1 aromatic heterocycles. The molecule has 0 aliphatic heterocycles. The van der Waals surface area contributed by atoms with Crippen LogP contribution in [-0.2, 0) is 0 Å². The molecule has 100 valence electrons. The van der Waals surface area contributed by atoms with Crippen LogP contribution in [0.3, 0.4) is 0 Å². The van der Waals surface area contributed by atoms with Crippen LogP contribution in [0.4, 0.5) is 17.6 Å². The van der Waals surface area contributed by atoms with E-state index in [4.69, 9.17) is 11.6 Å². The molecule has 0 amide bonds. The van der Waals surface area contributed by atoms with Gasteiger partial charge in [-0.3, -0.25) is 0 Å². The average molecular weight is 252 g/mol. The minimum Gasteiger partial charge on any atom is -0.396 e. The molecule has 0 aromatic carbocycles. The van der Waals surface area contributed by atoms with Gasteiger partial charge in [0, 0.05) is 18.0 Å². The van der Waals surface area contributed by atoms with Crippen LogP contribution >= 0.6 is 0 Å². The lowest BCUT2D eigenvalue weighted by atomic mass is 9.87. The molecule has 0 radical (unpaired) electrons. The number of hydrazine groups is 1. The van der Waals surface area contributed by atoms with Crippen molar-refractivity contribution in [3.63, 3.8) is 0 Å². The zero-order valence-electron chi connectivity index (χ0n) is 10.3. The molecule has 7 heteroatoms. The van der Waals surface area contributed by atoms with E-state index in [0.717, 1.165) is 12.8 Å². The Morgan fingerprint density at radius 3 is 2.56 bits per heavy atom. The molecule has 0 unspecified atom stereocenters. The summed E-state index contributed by atoms with van der Waals surface area (Å²) in [7, 11) is 0. The highest BCUT2D eigenvalue weighted by molar-refractivity contribution is 5.50. The van der Waals surface area contributed by atoms with Gasteiger partial charge in [0.15, 0.2) is 0 Å². The van der Waals surface area contributed by atoms with Crippen LogP contribution in [0.2, 0.25) is 0 Å². The minimum absolute atomic E-state index is 0.0317. The van der Waals surface area contributed by atoms with Gasteiger partial charge in [-0.25, -0.2) is 5.84 Å². The third kappa shape index (κ3) is 2.80. The van der Waals surface area contributed by atoms with E-state index in [1.54, 1.807) is 6.07 Å². The second kappa shape index (κ2) is 5.36. The number of nitrogens with two attached hydrogens (primary N) is 2. The monoisotopic (exact) mass is 252 g/mol. The van der Waals surface area contributed by atoms with E-state index < -0.39 is 0 Å². The summed E-state index contributed by atoms with van der Waals surface area (Å²) in [6.07, 6.45) is 4.42. The minimum atomic E-state index is -0.0317. The van der Waals surface area contributed by atoms with Gasteiger partial charge in [0.1, 0.15) is 11.6 Å². The third-order valence-corrected chi connectivity index (χ3v) is 3.54. The molecule has 1 heterocycles. The lowest BCUT2D eigenvalue weighted by molar-refractivity contribution is 0.142. The Morgan fingerprint density at radius 1 is 1.28 bits per heavy atom. The Labute approximate surface area is 106 Å². The summed E-state index contributed by atoms with van der Waals surface area (Å²) in [6, 6.07) is 1.69. The Balaban J connectivity index is 2.03. The van der Waals surface area contributed by atoms with Gasteiger partial charge >= 0.3 is 0 Å². The second-order valence-corrected chi connectivity index (χ2v) is 4.86. The smallest absolute Gasteiger partial charge is 0.223 e. The largest absolute Gasteiger partial charge is 0.396 e. The topological polar surface area (TPSA) is 122 Å². The first-order valence-corrected chi connectivity index (χ1v) is 6.13. The van der Waals surface area contributed by atoms with Gasteiger partial charge in [-0.2, -0.15) is 9.97 Å². The normalized spacial score (nSPS) is 17.7. The number of hydrogen-bond acceptors (Lipinski definition) is 7. The van der Waals surface area contributed by atoms with Crippen LogP contribution < -0.4 is 22.3 Å². The van der Waals surface area contributed by atoms with Crippen molar-refractivity contribution in [3.8, 4) is 0 Å². The fourth-order valence-corrected chi connectivity index (χ4v) is 2.42. The molecular formula is C11H20N6O. The molecule has 1 aliphatic carbocycles. The van der Waals surface area contributed by atoms with Gasteiger partial charge < -0.3 is 21.6 Å². The summed E-state index contributed by atoms with van der Waals surface area (Å²) < 4.78 is 0. The number of aromatic nitrogens is 2. The molecule has 0 atom stereocenters. The highest BCUT2D eigenvalue weighted by atomic mass is 16.3. The Bertz CT molecular complexity index is 405. The summed E-state index contributed by atoms with van der Waals surface area (Å²) in [5.74, 6) is 6.55. The molecule has 1 aromatic rings. The van der Waals surface area contributed by atoms with Crippen LogP contribution in [0.5, 0.6) is 0 Å². The Hall–Kier alpha value is -1.60. The fraction of sp³-hybridized carbons (Fsp3) is 0.636. The number of rotatable bonds is 5. The highest BCUT2D eigenvalue weighted by Crippen LogP contribution is 2.37. The zero-order valence-corrected chi connectivity index (χ0v) is 10.3. The van der Waals surface area contributed by atoms with Gasteiger partial charge in [-0.15, -0.1) is 0 Å². The van der Waals surface area contributed by atoms with E-state index in [9.17, 15) is 5.11 Å². The van der Waals surface area contributed by atoms with E-state index in [0.29, 0.717) is 18.2 Å². The number of nitrogens with one attached hydrogen (secondary N) is 2. The van der Waals surface area contributed by atoms with E-state index >= 15 is 0 Å². The van der Waals surface area contributed by atoms with E-state index in [1.807, 2.05) is 0 Å². The van der Waals surface area contributed by atoms with Gasteiger partial charge in [0.05, 0.1) is 6.61 Å². The quantitative estimate of drug-likeness (QED) is 0.377. The van der Waals surface area contributed by atoms with Gasteiger partial charge in [0.25, 0.3) is 0 Å². The van der Waals surface area contributed by atoms with Gasteiger partial charge in [-0.05, 0) is 12.8 Å². The SMILES string of the molecule is NNc1cc(NCC2(CO)CCCC2)nc(N)n1. The number of anilines is 3. The predicted octanol–water partition coefficient (Wildman–Crippen LogP) is 0.309. The number of nitrogen functional groups attached to an aromatic ring is 2. The number of nitrogens with zero attached hydrogens (tertiary/aromatic N) is 2. The van der Waals surface area contributed by atoms with Crippen molar-refractivity contribution < 1.29 is 5.11 Å². The predicted molar refractivity (Wildman–Crippen MR) is 70.7 cm³/mol. The molecule has 1 saturated carbocycles. The van der Waals surface area contributed by atoms with E-state index in [2.05, 4.69) is 20.7 Å². The number of aliphatic hydroxyl groups is 1. The van der Waals surface area contributed by atoms with E-state index in [1.165, 1.54) is 12.8 Å². The van der Waals surface area contributed by atoms with Crippen molar-refractivity contribution in [2.45, 2.75) is 25.7 Å². The summed E-state index contributed by atoms with van der Waals surface area (Å²) >= 11 is 0. The molecule has 0 bridgehead atoms. The zero-order chi connectivity index (χ0) is 13.0. The standard InChI is InChI=1S/C11H20N6O/c12-10-15-8(5-9(16-10)17-13)14-6-11(7-18)3-1-2-4-11/h5,18H,1-4,6-7,13H2,(H4,12,14,15,16,17). The summed E-state index contributed by atoms with van der Waals surface area (Å²) in [5.41, 5.74) is 7.98. The lowest BCUT2D eigenvalue weighted by Gasteiger charge is -2.26. The van der Waals surface area contributed by atoms with Crippen molar-refractivity contribution in [2.24, 2.45) is 11.3 Å². The van der Waals surface area contributed by atoms with Crippen LogP contribution in [0.25, 0.3) is 0 Å². The van der Waals surface area contributed by atoms with Gasteiger partial charge in [0.2, 0.25) is 5.95 Å². The number of aliphatic hydroxyl groups excluding tert-OH is 1. The number of hydrogen-bond donors (Lipinski definition) is 5. The van der Waals surface area contributed by atoms with Crippen molar-refractivity contribution in [1.82, 2.24) is 9.97 Å². The molecule has 7 nitrogen and oxygen atoms in total. The molecule has 0 spiro atoms. The molecule has 1 aliphatic rings. The third-order valence-electron chi connectivity index (χ3n) is 3.54. The first kappa shape index (κ1) is 12.8. The first-order chi connectivity index (χ1) is 8.67.